The third-order valence-electron chi connectivity index (χ3n) is 1.50. The monoisotopic (exact) mass is 267 g/mol. The summed E-state index contributed by atoms with van der Waals surface area (Å²) in [6.07, 6.45) is -1.10. The Morgan fingerprint density at radius 1 is 1.29 bits per heavy atom. The highest BCUT2D eigenvalue weighted by atomic mass is 32.1. The van der Waals surface area contributed by atoms with E-state index >= 15 is 0 Å². The Hall–Kier alpha value is -0.830. The molecular weight excluding hydrogens is 250 g/mol. The Morgan fingerprint density at radius 2 is 2.00 bits per heavy atom. The fraction of sp³-hybridized carbons (Fsp3) is 0.778. The number of ether oxygens (including phenoxy) is 4. The third-order valence-corrected chi connectivity index (χ3v) is 1.90. The first kappa shape index (κ1) is 16.2. The second-order valence-corrected chi connectivity index (χ2v) is 3.19. The Balaban J connectivity index is 3.50. The van der Waals surface area contributed by atoms with Crippen molar-refractivity contribution in [3.05, 3.63) is 0 Å². The van der Waals surface area contributed by atoms with Crippen LogP contribution in [0.2, 0.25) is 0 Å². The van der Waals surface area contributed by atoms with Crippen LogP contribution in [0, 0.1) is 0 Å². The van der Waals surface area contributed by atoms with Gasteiger partial charge in [-0.3, -0.25) is 0 Å². The SMILES string of the molecule is CCOCOCCOC(=O)OC(=O)[C@@H](N)CS. The molecule has 0 unspecified atom stereocenters. The molecule has 0 aliphatic carbocycles. The molecule has 7 nitrogen and oxygen atoms in total. The molecule has 1 atom stereocenters. The molecule has 0 radical (unpaired) electrons. The average Bonchev–Trinajstić information content (AvgIpc) is 2.32. The van der Waals surface area contributed by atoms with Crippen LogP contribution in [0.1, 0.15) is 6.92 Å². The van der Waals surface area contributed by atoms with Gasteiger partial charge in [-0.15, -0.1) is 0 Å². The minimum absolute atomic E-state index is 0.0324. The van der Waals surface area contributed by atoms with Gasteiger partial charge in [0.25, 0.3) is 0 Å². The van der Waals surface area contributed by atoms with E-state index < -0.39 is 18.2 Å². The van der Waals surface area contributed by atoms with E-state index in [2.05, 4.69) is 22.1 Å². The van der Waals surface area contributed by atoms with E-state index in [1.165, 1.54) is 0 Å². The van der Waals surface area contributed by atoms with Crippen molar-refractivity contribution in [3.63, 3.8) is 0 Å². The summed E-state index contributed by atoms with van der Waals surface area (Å²) < 4.78 is 18.6. The fourth-order valence-corrected chi connectivity index (χ4v) is 0.796. The van der Waals surface area contributed by atoms with Crippen LogP contribution in [0.25, 0.3) is 0 Å². The molecule has 0 heterocycles. The summed E-state index contributed by atoms with van der Waals surface area (Å²) in [6.45, 7) is 2.61. The molecular formula is C9H17NO6S. The van der Waals surface area contributed by atoms with E-state index in [-0.39, 0.29) is 25.8 Å². The van der Waals surface area contributed by atoms with Gasteiger partial charge in [0.15, 0.2) is 0 Å². The summed E-state index contributed by atoms with van der Waals surface area (Å²) >= 11 is 3.78. The van der Waals surface area contributed by atoms with Gasteiger partial charge in [0.05, 0.1) is 6.61 Å². The van der Waals surface area contributed by atoms with Gasteiger partial charge in [-0.05, 0) is 6.92 Å². The molecule has 0 aliphatic heterocycles. The fourth-order valence-electron chi connectivity index (χ4n) is 0.647. The maximum Gasteiger partial charge on any atom is 0.516 e. The summed E-state index contributed by atoms with van der Waals surface area (Å²) in [7, 11) is 0. The standard InChI is InChI=1S/C9H17NO6S/c1-2-13-6-14-3-4-15-9(12)16-8(11)7(10)5-17/h7,17H,2-6,10H2,1H3/t7-/m0/s1. The number of carbonyl (C=O) groups is 2. The van der Waals surface area contributed by atoms with Crippen LogP contribution in [0.15, 0.2) is 0 Å². The van der Waals surface area contributed by atoms with Crippen molar-refractivity contribution in [1.29, 1.82) is 0 Å². The quantitative estimate of drug-likeness (QED) is 0.209. The molecule has 0 amide bonds. The maximum atomic E-state index is 11.0. The van der Waals surface area contributed by atoms with Gasteiger partial charge in [0.1, 0.15) is 19.4 Å². The smallest absolute Gasteiger partial charge is 0.431 e. The molecule has 0 bridgehead atoms. The molecule has 0 aliphatic rings. The van der Waals surface area contributed by atoms with Crippen LogP contribution in [-0.2, 0) is 23.7 Å². The molecule has 0 aromatic heterocycles. The zero-order valence-corrected chi connectivity index (χ0v) is 10.5. The van der Waals surface area contributed by atoms with E-state index in [0.717, 1.165) is 0 Å². The summed E-state index contributed by atoms with van der Waals surface area (Å²) in [5.41, 5.74) is 5.27. The van der Waals surface area contributed by atoms with Gasteiger partial charge < -0.3 is 24.7 Å². The molecule has 0 spiro atoms. The second kappa shape index (κ2) is 10.3. The van der Waals surface area contributed by atoms with Gasteiger partial charge >= 0.3 is 12.1 Å². The minimum atomic E-state index is -1.10. The predicted octanol–water partition coefficient (Wildman–Crippen LogP) is -0.0661. The first-order chi connectivity index (χ1) is 8.11. The normalized spacial score (nSPS) is 11.9. The van der Waals surface area contributed by atoms with Crippen LogP contribution in [0.3, 0.4) is 0 Å². The average molecular weight is 267 g/mol. The Morgan fingerprint density at radius 3 is 2.59 bits per heavy atom. The van der Waals surface area contributed by atoms with Crippen molar-refractivity contribution < 1.29 is 28.5 Å². The lowest BCUT2D eigenvalue weighted by Crippen LogP contribution is -2.35. The molecule has 0 aromatic rings. The van der Waals surface area contributed by atoms with Gasteiger partial charge in [-0.25, -0.2) is 9.59 Å². The Kier molecular flexibility index (Phi) is 9.83. The zero-order chi connectivity index (χ0) is 13.1. The highest BCUT2D eigenvalue weighted by Crippen LogP contribution is 1.92. The lowest BCUT2D eigenvalue weighted by Gasteiger charge is -2.08. The first-order valence-corrected chi connectivity index (χ1v) is 5.65. The summed E-state index contributed by atoms with van der Waals surface area (Å²) in [5.74, 6) is -0.788. The molecule has 0 rings (SSSR count). The number of rotatable bonds is 8. The van der Waals surface area contributed by atoms with Crippen molar-refractivity contribution in [1.82, 2.24) is 0 Å². The lowest BCUT2D eigenvalue weighted by molar-refractivity contribution is -0.141. The molecule has 8 heteroatoms. The van der Waals surface area contributed by atoms with Gasteiger partial charge in [-0.2, -0.15) is 12.6 Å². The van der Waals surface area contributed by atoms with Crippen LogP contribution in [0.4, 0.5) is 4.79 Å². The molecule has 0 fully saturated rings. The van der Waals surface area contributed by atoms with Crippen molar-refractivity contribution in [2.24, 2.45) is 5.73 Å². The summed E-state index contributed by atoms with van der Waals surface area (Å²) in [4.78, 5) is 21.9. The number of nitrogens with two attached hydrogens (primary N) is 1. The van der Waals surface area contributed by atoms with Gasteiger partial charge in [-0.1, -0.05) is 0 Å². The van der Waals surface area contributed by atoms with E-state index in [1.54, 1.807) is 0 Å². The highest BCUT2D eigenvalue weighted by molar-refractivity contribution is 7.80. The number of hydrogen-bond donors (Lipinski definition) is 2. The topological polar surface area (TPSA) is 97.1 Å². The lowest BCUT2D eigenvalue weighted by atomic mass is 10.4. The second-order valence-electron chi connectivity index (χ2n) is 2.83. The molecule has 100 valence electrons. The summed E-state index contributed by atoms with van der Waals surface area (Å²) in [5, 5.41) is 0. The van der Waals surface area contributed by atoms with E-state index in [4.69, 9.17) is 15.2 Å². The number of carbonyl (C=O) groups excluding carboxylic acids is 2. The zero-order valence-electron chi connectivity index (χ0n) is 9.59. The van der Waals surface area contributed by atoms with E-state index in [0.29, 0.717) is 6.61 Å². The third kappa shape index (κ3) is 8.93. The van der Waals surface area contributed by atoms with Crippen molar-refractivity contribution in [3.8, 4) is 0 Å². The van der Waals surface area contributed by atoms with Gasteiger partial charge in [0, 0.05) is 12.4 Å². The largest absolute Gasteiger partial charge is 0.516 e. The molecule has 0 saturated carbocycles. The van der Waals surface area contributed by atoms with Gasteiger partial charge in [0.2, 0.25) is 0 Å². The number of hydrogen-bond acceptors (Lipinski definition) is 8. The van der Waals surface area contributed by atoms with Crippen molar-refractivity contribution in [2.75, 3.05) is 32.4 Å². The van der Waals surface area contributed by atoms with Crippen LogP contribution in [-0.4, -0.2) is 50.5 Å². The molecule has 2 N–H and O–H groups in total. The van der Waals surface area contributed by atoms with Crippen LogP contribution >= 0.6 is 12.6 Å². The number of thiol groups is 1. The Labute approximate surface area is 105 Å². The van der Waals surface area contributed by atoms with E-state index in [1.807, 2.05) is 6.92 Å². The molecule has 17 heavy (non-hydrogen) atoms. The van der Waals surface area contributed by atoms with Crippen LogP contribution < -0.4 is 5.73 Å². The molecule has 0 saturated heterocycles. The van der Waals surface area contributed by atoms with Crippen molar-refractivity contribution in [2.45, 2.75) is 13.0 Å². The molecule has 0 aromatic carbocycles. The maximum absolute atomic E-state index is 11.0. The highest BCUT2D eigenvalue weighted by Gasteiger charge is 2.18. The number of esters is 1. The predicted molar refractivity (Wildman–Crippen MR) is 61.7 cm³/mol. The summed E-state index contributed by atoms with van der Waals surface area (Å²) in [6, 6.07) is -0.944. The first-order valence-electron chi connectivity index (χ1n) is 5.02. The van der Waals surface area contributed by atoms with Crippen LogP contribution in [0.5, 0.6) is 0 Å². The Bertz CT molecular complexity index is 238. The van der Waals surface area contributed by atoms with E-state index in [9.17, 15) is 9.59 Å². The van der Waals surface area contributed by atoms with Crippen molar-refractivity contribution >= 4 is 24.8 Å². The minimum Gasteiger partial charge on any atom is -0.431 e.